The van der Waals surface area contributed by atoms with E-state index in [1.54, 1.807) is 12.1 Å². The van der Waals surface area contributed by atoms with Crippen molar-refractivity contribution >= 4 is 24.3 Å². The summed E-state index contributed by atoms with van der Waals surface area (Å²) in [6.45, 7) is 0. The Morgan fingerprint density at radius 3 is 2.58 bits per heavy atom. The normalized spacial score (nSPS) is 9.95. The van der Waals surface area contributed by atoms with E-state index in [1.807, 2.05) is 6.07 Å². The molecule has 0 aliphatic carbocycles. The fourth-order valence-electron chi connectivity index (χ4n) is 1.66. The largest absolute Gasteiger partial charge is 0.488 e. The fourth-order valence-corrected chi connectivity index (χ4v) is 1.66. The monoisotopic (exact) mass is 255 g/mol. The summed E-state index contributed by atoms with van der Waals surface area (Å²) < 4.78 is 0. The standard InChI is InChI=1S/C11H10BN5O2/c13-5-8-9(16-11(15)17-10(8)14)6-2-1-3-7(4-6)12(18)19/h1-4,18-19H,(H4,14,15,16,17). The summed E-state index contributed by atoms with van der Waals surface area (Å²) in [7, 11) is -1.61. The topological polar surface area (TPSA) is 142 Å². The van der Waals surface area contributed by atoms with Gasteiger partial charge in [0, 0.05) is 5.56 Å². The Morgan fingerprint density at radius 2 is 1.95 bits per heavy atom. The van der Waals surface area contributed by atoms with Crippen LogP contribution < -0.4 is 16.9 Å². The van der Waals surface area contributed by atoms with Crippen LogP contribution in [-0.2, 0) is 0 Å². The molecule has 19 heavy (non-hydrogen) atoms. The Kier molecular flexibility index (Phi) is 3.33. The lowest BCUT2D eigenvalue weighted by Crippen LogP contribution is -2.29. The van der Waals surface area contributed by atoms with Crippen LogP contribution in [0.15, 0.2) is 24.3 Å². The molecule has 6 N–H and O–H groups in total. The molecule has 0 radical (unpaired) electrons. The first-order chi connectivity index (χ1) is 9.02. The molecular formula is C11H10BN5O2. The van der Waals surface area contributed by atoms with Gasteiger partial charge in [-0.2, -0.15) is 10.2 Å². The smallest absolute Gasteiger partial charge is 0.423 e. The molecular weight excluding hydrogens is 245 g/mol. The van der Waals surface area contributed by atoms with Gasteiger partial charge in [-0.3, -0.25) is 0 Å². The maximum absolute atomic E-state index is 9.14. The van der Waals surface area contributed by atoms with Crippen molar-refractivity contribution in [1.29, 1.82) is 5.26 Å². The summed E-state index contributed by atoms with van der Waals surface area (Å²) in [6.07, 6.45) is 0. The first-order valence-corrected chi connectivity index (χ1v) is 5.32. The van der Waals surface area contributed by atoms with Gasteiger partial charge in [0.2, 0.25) is 5.95 Å². The van der Waals surface area contributed by atoms with Crippen LogP contribution in [0.3, 0.4) is 0 Å². The summed E-state index contributed by atoms with van der Waals surface area (Å²) in [5.74, 6) is -0.0681. The van der Waals surface area contributed by atoms with Crippen LogP contribution in [0.25, 0.3) is 11.3 Å². The molecule has 0 aliphatic heterocycles. The van der Waals surface area contributed by atoms with Gasteiger partial charge in [0.1, 0.15) is 17.5 Å². The van der Waals surface area contributed by atoms with Crippen molar-refractivity contribution in [2.24, 2.45) is 0 Å². The van der Waals surface area contributed by atoms with E-state index in [0.29, 0.717) is 5.56 Å². The number of nitrogens with zero attached hydrogens (tertiary/aromatic N) is 3. The van der Waals surface area contributed by atoms with Crippen molar-refractivity contribution in [3.05, 3.63) is 29.8 Å². The zero-order valence-electron chi connectivity index (χ0n) is 9.78. The minimum Gasteiger partial charge on any atom is -0.423 e. The van der Waals surface area contributed by atoms with Crippen LogP contribution in [0.5, 0.6) is 0 Å². The molecule has 0 amide bonds. The van der Waals surface area contributed by atoms with Crippen molar-refractivity contribution in [3.63, 3.8) is 0 Å². The highest BCUT2D eigenvalue weighted by molar-refractivity contribution is 6.58. The van der Waals surface area contributed by atoms with Crippen LogP contribution in [-0.4, -0.2) is 27.1 Å². The quantitative estimate of drug-likeness (QED) is 0.496. The number of aromatic nitrogens is 2. The van der Waals surface area contributed by atoms with Crippen LogP contribution in [0.1, 0.15) is 5.56 Å². The first kappa shape index (κ1) is 12.8. The third-order valence-electron chi connectivity index (χ3n) is 2.52. The van der Waals surface area contributed by atoms with Gasteiger partial charge in [-0.05, 0) is 5.46 Å². The van der Waals surface area contributed by atoms with Gasteiger partial charge in [0.05, 0.1) is 5.69 Å². The minimum absolute atomic E-state index is 0.0139. The zero-order valence-corrected chi connectivity index (χ0v) is 9.78. The summed E-state index contributed by atoms with van der Waals surface area (Å²) in [5, 5.41) is 27.4. The van der Waals surface area contributed by atoms with E-state index in [1.165, 1.54) is 12.1 Å². The maximum atomic E-state index is 9.14. The third kappa shape index (κ3) is 2.47. The van der Waals surface area contributed by atoms with E-state index in [9.17, 15) is 0 Å². The van der Waals surface area contributed by atoms with E-state index < -0.39 is 7.12 Å². The van der Waals surface area contributed by atoms with E-state index in [2.05, 4.69) is 9.97 Å². The molecule has 8 heteroatoms. The lowest BCUT2D eigenvalue weighted by atomic mass is 9.79. The first-order valence-electron chi connectivity index (χ1n) is 5.32. The second-order valence-corrected chi connectivity index (χ2v) is 3.80. The maximum Gasteiger partial charge on any atom is 0.488 e. The molecule has 0 bridgehead atoms. The molecule has 0 atom stereocenters. The number of hydrogen-bond acceptors (Lipinski definition) is 7. The van der Waals surface area contributed by atoms with Crippen molar-refractivity contribution in [3.8, 4) is 17.3 Å². The number of nitrogens with two attached hydrogens (primary N) is 2. The number of anilines is 2. The van der Waals surface area contributed by atoms with E-state index in [-0.39, 0.29) is 28.5 Å². The summed E-state index contributed by atoms with van der Waals surface area (Å²) in [6, 6.07) is 8.21. The molecule has 1 aromatic heterocycles. The van der Waals surface area contributed by atoms with Gasteiger partial charge < -0.3 is 21.5 Å². The van der Waals surface area contributed by atoms with Gasteiger partial charge in [-0.15, -0.1) is 0 Å². The zero-order chi connectivity index (χ0) is 14.0. The summed E-state index contributed by atoms with van der Waals surface area (Å²) in [4.78, 5) is 7.69. The molecule has 1 aromatic carbocycles. The van der Waals surface area contributed by atoms with Gasteiger partial charge in [0.15, 0.2) is 0 Å². The highest BCUT2D eigenvalue weighted by Gasteiger charge is 2.16. The van der Waals surface area contributed by atoms with Gasteiger partial charge in [-0.1, -0.05) is 24.3 Å². The Hall–Kier alpha value is -2.63. The van der Waals surface area contributed by atoms with Crippen molar-refractivity contribution in [2.75, 3.05) is 11.5 Å². The summed E-state index contributed by atoms with van der Waals surface area (Å²) in [5.41, 5.74) is 12.3. The predicted molar refractivity (Wildman–Crippen MR) is 70.8 cm³/mol. The van der Waals surface area contributed by atoms with Gasteiger partial charge >= 0.3 is 7.12 Å². The lowest BCUT2D eigenvalue weighted by Gasteiger charge is -2.08. The van der Waals surface area contributed by atoms with Crippen LogP contribution >= 0.6 is 0 Å². The fraction of sp³-hybridized carbons (Fsp3) is 0. The molecule has 0 unspecified atom stereocenters. The molecule has 94 valence electrons. The number of nitrogen functional groups attached to an aromatic ring is 2. The molecule has 2 rings (SSSR count). The summed E-state index contributed by atoms with van der Waals surface area (Å²) >= 11 is 0. The molecule has 7 nitrogen and oxygen atoms in total. The molecule has 0 fully saturated rings. The average Bonchev–Trinajstić information content (AvgIpc) is 2.38. The van der Waals surface area contributed by atoms with Crippen molar-refractivity contribution in [2.45, 2.75) is 0 Å². The molecule has 0 saturated carbocycles. The van der Waals surface area contributed by atoms with Crippen LogP contribution in [0.2, 0.25) is 0 Å². The number of benzene rings is 1. The van der Waals surface area contributed by atoms with Gasteiger partial charge in [0.25, 0.3) is 0 Å². The highest BCUT2D eigenvalue weighted by Crippen LogP contribution is 2.24. The third-order valence-corrected chi connectivity index (χ3v) is 2.52. The molecule has 1 heterocycles. The Balaban J connectivity index is 2.65. The second-order valence-electron chi connectivity index (χ2n) is 3.80. The Bertz CT molecular complexity index is 669. The van der Waals surface area contributed by atoms with Crippen molar-refractivity contribution in [1.82, 2.24) is 9.97 Å². The second kappa shape index (κ2) is 4.93. The number of hydrogen-bond donors (Lipinski definition) is 4. The van der Waals surface area contributed by atoms with Crippen LogP contribution in [0.4, 0.5) is 11.8 Å². The molecule has 0 saturated heterocycles. The Morgan fingerprint density at radius 1 is 1.21 bits per heavy atom. The number of nitriles is 1. The molecule has 0 aliphatic rings. The van der Waals surface area contributed by atoms with Crippen molar-refractivity contribution < 1.29 is 10.0 Å². The SMILES string of the molecule is N#Cc1c(N)nc(N)nc1-c1cccc(B(O)O)c1. The highest BCUT2D eigenvalue weighted by atomic mass is 16.4. The van der Waals surface area contributed by atoms with E-state index in [4.69, 9.17) is 26.8 Å². The predicted octanol–water partition coefficient (Wildman–Crippen LogP) is -1.14. The Labute approximate surface area is 109 Å². The number of rotatable bonds is 2. The van der Waals surface area contributed by atoms with Gasteiger partial charge in [-0.25, -0.2) is 4.98 Å². The average molecular weight is 255 g/mol. The molecule has 2 aromatic rings. The van der Waals surface area contributed by atoms with E-state index >= 15 is 0 Å². The molecule has 0 spiro atoms. The minimum atomic E-state index is -1.61. The van der Waals surface area contributed by atoms with E-state index in [0.717, 1.165) is 0 Å². The van der Waals surface area contributed by atoms with Crippen LogP contribution in [0, 0.1) is 11.3 Å². The lowest BCUT2D eigenvalue weighted by molar-refractivity contribution is 0.426.